The van der Waals surface area contributed by atoms with Gasteiger partial charge < -0.3 is 15.4 Å². The topological polar surface area (TPSA) is 93.2 Å². The van der Waals surface area contributed by atoms with Crippen LogP contribution in [0.15, 0.2) is 36.7 Å². The minimum Gasteiger partial charge on any atom is -0.469 e. The predicted octanol–water partition coefficient (Wildman–Crippen LogP) is 2.42. The van der Waals surface area contributed by atoms with Crippen LogP contribution in [-0.2, 0) is 14.3 Å². The fourth-order valence-corrected chi connectivity index (χ4v) is 1.85. The molecule has 7 heteroatoms. The molecule has 2 rings (SSSR count). The van der Waals surface area contributed by atoms with Gasteiger partial charge in [-0.05, 0) is 31.2 Å². The third kappa shape index (κ3) is 5.39. The second-order valence-electron chi connectivity index (χ2n) is 4.87. The van der Waals surface area contributed by atoms with Crippen LogP contribution in [0.2, 0.25) is 0 Å². The van der Waals surface area contributed by atoms with Crippen LogP contribution in [0.4, 0.5) is 17.2 Å². The number of nitrogens with zero attached hydrogens (tertiary/aromatic N) is 2. The molecular formula is C16H18N4O3. The van der Waals surface area contributed by atoms with Crippen LogP contribution in [0.1, 0.15) is 18.5 Å². The summed E-state index contributed by atoms with van der Waals surface area (Å²) in [5.74, 6) is 0.0646. The van der Waals surface area contributed by atoms with E-state index in [1.54, 1.807) is 12.1 Å². The molecule has 120 valence electrons. The van der Waals surface area contributed by atoms with E-state index in [0.29, 0.717) is 11.5 Å². The molecule has 0 spiro atoms. The molecule has 1 heterocycles. The number of aromatic nitrogens is 2. The summed E-state index contributed by atoms with van der Waals surface area (Å²) < 4.78 is 4.49. The molecule has 1 aromatic carbocycles. The summed E-state index contributed by atoms with van der Waals surface area (Å²) in [6, 6.07) is 9.03. The first-order valence-electron chi connectivity index (χ1n) is 7.09. The number of methoxy groups -OCH3 is 1. The Balaban J connectivity index is 1.89. The molecule has 2 aromatic rings. The van der Waals surface area contributed by atoms with Gasteiger partial charge in [0.05, 0.1) is 13.5 Å². The zero-order valence-corrected chi connectivity index (χ0v) is 13.0. The SMILES string of the molecule is COC(=O)CCC(=O)Nc1ccc(Nc2cc(C)ncn2)cc1. The molecule has 1 aromatic heterocycles. The molecule has 1 amide bonds. The van der Waals surface area contributed by atoms with Gasteiger partial charge in [0.15, 0.2) is 0 Å². The number of ether oxygens (including phenoxy) is 1. The number of carbonyl (C=O) groups excluding carboxylic acids is 2. The van der Waals surface area contributed by atoms with Crippen molar-refractivity contribution < 1.29 is 14.3 Å². The largest absolute Gasteiger partial charge is 0.469 e. The summed E-state index contributed by atoms with van der Waals surface area (Å²) in [5.41, 5.74) is 2.37. The van der Waals surface area contributed by atoms with E-state index in [0.717, 1.165) is 11.4 Å². The molecule has 0 aliphatic rings. The lowest BCUT2D eigenvalue weighted by atomic mass is 10.2. The third-order valence-corrected chi connectivity index (χ3v) is 3.03. The Hall–Kier alpha value is -2.96. The molecule has 0 unspecified atom stereocenters. The van der Waals surface area contributed by atoms with E-state index in [4.69, 9.17) is 0 Å². The number of hydrogen-bond acceptors (Lipinski definition) is 6. The zero-order valence-electron chi connectivity index (χ0n) is 13.0. The maximum Gasteiger partial charge on any atom is 0.306 e. The van der Waals surface area contributed by atoms with Gasteiger partial charge in [-0.25, -0.2) is 9.97 Å². The average Bonchev–Trinajstić information content (AvgIpc) is 2.54. The number of aryl methyl sites for hydroxylation is 1. The van der Waals surface area contributed by atoms with Crippen LogP contribution in [0, 0.1) is 6.92 Å². The van der Waals surface area contributed by atoms with E-state index in [-0.39, 0.29) is 18.7 Å². The van der Waals surface area contributed by atoms with Gasteiger partial charge in [0.25, 0.3) is 0 Å². The van der Waals surface area contributed by atoms with Crippen LogP contribution in [0.5, 0.6) is 0 Å². The number of anilines is 3. The van der Waals surface area contributed by atoms with Crippen molar-refractivity contribution in [1.82, 2.24) is 9.97 Å². The minimum absolute atomic E-state index is 0.0645. The van der Waals surface area contributed by atoms with Crippen molar-refractivity contribution in [2.75, 3.05) is 17.7 Å². The van der Waals surface area contributed by atoms with Crippen LogP contribution >= 0.6 is 0 Å². The Bertz CT molecular complexity index is 686. The van der Waals surface area contributed by atoms with Crippen molar-refractivity contribution in [3.63, 3.8) is 0 Å². The van der Waals surface area contributed by atoms with Gasteiger partial charge in [0.1, 0.15) is 12.1 Å². The van der Waals surface area contributed by atoms with Gasteiger partial charge in [-0.15, -0.1) is 0 Å². The molecule has 0 radical (unpaired) electrons. The molecule has 0 saturated heterocycles. The normalized spacial score (nSPS) is 10.0. The lowest BCUT2D eigenvalue weighted by molar-refractivity contribution is -0.141. The molecule has 7 nitrogen and oxygen atoms in total. The van der Waals surface area contributed by atoms with E-state index in [9.17, 15) is 9.59 Å². The van der Waals surface area contributed by atoms with Gasteiger partial charge in [-0.2, -0.15) is 0 Å². The Labute approximate surface area is 134 Å². The highest BCUT2D eigenvalue weighted by Gasteiger charge is 2.07. The predicted molar refractivity (Wildman–Crippen MR) is 86.4 cm³/mol. The first kappa shape index (κ1) is 16.4. The van der Waals surface area contributed by atoms with E-state index in [1.165, 1.54) is 13.4 Å². The maximum absolute atomic E-state index is 11.7. The summed E-state index contributed by atoms with van der Waals surface area (Å²) in [6.45, 7) is 1.89. The lowest BCUT2D eigenvalue weighted by Gasteiger charge is -2.08. The highest BCUT2D eigenvalue weighted by molar-refractivity contribution is 5.92. The van der Waals surface area contributed by atoms with Crippen molar-refractivity contribution in [1.29, 1.82) is 0 Å². The highest BCUT2D eigenvalue weighted by Crippen LogP contribution is 2.17. The average molecular weight is 314 g/mol. The Morgan fingerprint density at radius 3 is 2.43 bits per heavy atom. The number of esters is 1. The van der Waals surface area contributed by atoms with Crippen LogP contribution in [0.3, 0.4) is 0 Å². The van der Waals surface area contributed by atoms with E-state index in [2.05, 4.69) is 25.3 Å². The maximum atomic E-state index is 11.7. The van der Waals surface area contributed by atoms with E-state index in [1.807, 2.05) is 25.1 Å². The number of amides is 1. The molecule has 0 aliphatic carbocycles. The van der Waals surface area contributed by atoms with Crippen LogP contribution < -0.4 is 10.6 Å². The van der Waals surface area contributed by atoms with Crippen molar-refractivity contribution in [2.45, 2.75) is 19.8 Å². The number of hydrogen-bond donors (Lipinski definition) is 2. The summed E-state index contributed by atoms with van der Waals surface area (Å²) in [7, 11) is 1.30. The molecule has 0 bridgehead atoms. The molecule has 0 atom stereocenters. The number of carbonyl (C=O) groups is 2. The highest BCUT2D eigenvalue weighted by atomic mass is 16.5. The Morgan fingerprint density at radius 1 is 1.09 bits per heavy atom. The van der Waals surface area contributed by atoms with Gasteiger partial charge >= 0.3 is 5.97 Å². The minimum atomic E-state index is -0.403. The Morgan fingerprint density at radius 2 is 1.78 bits per heavy atom. The quantitative estimate of drug-likeness (QED) is 0.795. The second kappa shape index (κ2) is 7.88. The number of benzene rings is 1. The first-order chi connectivity index (χ1) is 11.1. The van der Waals surface area contributed by atoms with Gasteiger partial charge in [-0.3, -0.25) is 9.59 Å². The van der Waals surface area contributed by atoms with Crippen molar-refractivity contribution in [2.24, 2.45) is 0 Å². The lowest BCUT2D eigenvalue weighted by Crippen LogP contribution is -2.13. The van der Waals surface area contributed by atoms with Gasteiger partial charge in [-0.1, -0.05) is 0 Å². The molecule has 0 saturated carbocycles. The summed E-state index contributed by atoms with van der Waals surface area (Å²) in [4.78, 5) is 30.8. The Kier molecular flexibility index (Phi) is 5.62. The third-order valence-electron chi connectivity index (χ3n) is 3.03. The first-order valence-corrected chi connectivity index (χ1v) is 7.09. The van der Waals surface area contributed by atoms with E-state index < -0.39 is 5.97 Å². The van der Waals surface area contributed by atoms with Crippen molar-refractivity contribution in [3.8, 4) is 0 Å². The second-order valence-corrected chi connectivity index (χ2v) is 4.87. The summed E-state index contributed by atoms with van der Waals surface area (Å²) in [5, 5.41) is 5.87. The fraction of sp³-hybridized carbons (Fsp3) is 0.250. The standard InChI is InChI=1S/C16H18N4O3/c1-11-9-14(18-10-17-11)19-12-3-5-13(6-4-12)20-15(21)7-8-16(22)23-2/h3-6,9-10H,7-8H2,1-2H3,(H,20,21)(H,17,18,19). The molecule has 0 aliphatic heterocycles. The molecule has 0 fully saturated rings. The summed E-state index contributed by atoms with van der Waals surface area (Å²) in [6.07, 6.45) is 1.65. The van der Waals surface area contributed by atoms with Gasteiger partial charge in [0, 0.05) is 29.6 Å². The number of nitrogens with one attached hydrogen (secondary N) is 2. The fourth-order valence-electron chi connectivity index (χ4n) is 1.85. The zero-order chi connectivity index (χ0) is 16.7. The van der Waals surface area contributed by atoms with Crippen molar-refractivity contribution in [3.05, 3.63) is 42.4 Å². The number of rotatable bonds is 6. The van der Waals surface area contributed by atoms with Crippen LogP contribution in [-0.4, -0.2) is 29.0 Å². The summed E-state index contributed by atoms with van der Waals surface area (Å²) >= 11 is 0. The molecular weight excluding hydrogens is 296 g/mol. The van der Waals surface area contributed by atoms with Crippen LogP contribution in [0.25, 0.3) is 0 Å². The molecule has 2 N–H and O–H groups in total. The smallest absolute Gasteiger partial charge is 0.306 e. The van der Waals surface area contributed by atoms with E-state index >= 15 is 0 Å². The monoisotopic (exact) mass is 314 g/mol. The van der Waals surface area contributed by atoms with Crippen molar-refractivity contribution >= 4 is 29.1 Å². The molecule has 23 heavy (non-hydrogen) atoms. The van der Waals surface area contributed by atoms with Gasteiger partial charge in [0.2, 0.25) is 5.91 Å².